The van der Waals surface area contributed by atoms with Gasteiger partial charge in [-0.2, -0.15) is 0 Å². The van der Waals surface area contributed by atoms with Crippen LogP contribution in [-0.2, 0) is 4.79 Å². The molecule has 0 spiro atoms. The molecule has 6 nitrogen and oxygen atoms in total. The van der Waals surface area contributed by atoms with Crippen LogP contribution in [-0.4, -0.2) is 39.3 Å². The smallest absolute Gasteiger partial charge is 0.234 e. The second-order valence-corrected chi connectivity index (χ2v) is 9.41. The Hall–Kier alpha value is -2.58. The molecule has 0 bridgehead atoms. The van der Waals surface area contributed by atoms with Crippen LogP contribution in [0.2, 0.25) is 0 Å². The summed E-state index contributed by atoms with van der Waals surface area (Å²) in [5, 5.41) is 12.2. The summed E-state index contributed by atoms with van der Waals surface area (Å²) in [5.74, 6) is 0.248. The molecule has 8 heteroatoms. The molecule has 154 valence electrons. The number of hydrogen-bond donors (Lipinski definition) is 1. The number of fused-ring (bicyclic) bond motifs is 3. The molecule has 3 heterocycles. The van der Waals surface area contributed by atoms with Crippen LogP contribution >= 0.6 is 23.1 Å². The summed E-state index contributed by atoms with van der Waals surface area (Å²) in [5.41, 5.74) is 3.14. The van der Waals surface area contributed by atoms with E-state index in [9.17, 15) is 4.79 Å². The zero-order chi connectivity index (χ0) is 20.3. The zero-order valence-corrected chi connectivity index (χ0v) is 18.2. The molecule has 5 rings (SSSR count). The number of benzene rings is 2. The lowest BCUT2D eigenvalue weighted by molar-refractivity contribution is -0.113. The average molecular weight is 438 g/mol. The van der Waals surface area contributed by atoms with Crippen LogP contribution in [0.25, 0.3) is 15.2 Å². The molecule has 1 N–H and O–H groups in total. The number of nitrogens with zero attached hydrogens (tertiary/aromatic N) is 4. The predicted molar refractivity (Wildman–Crippen MR) is 125 cm³/mol. The molecule has 1 fully saturated rings. The van der Waals surface area contributed by atoms with E-state index in [0.717, 1.165) is 39.1 Å². The molecule has 0 saturated carbocycles. The van der Waals surface area contributed by atoms with Crippen LogP contribution in [0.1, 0.15) is 25.7 Å². The summed E-state index contributed by atoms with van der Waals surface area (Å²) >= 11 is 3.01. The number of anilines is 2. The van der Waals surface area contributed by atoms with Gasteiger partial charge in [-0.05, 0) is 49.2 Å². The normalized spacial score (nSPS) is 14.9. The summed E-state index contributed by atoms with van der Waals surface area (Å²) in [6.07, 6.45) is 5.15. The van der Waals surface area contributed by atoms with Crippen LogP contribution in [0, 0.1) is 0 Å². The lowest BCUT2D eigenvalue weighted by atomic mass is 10.2. The number of para-hydroxylation sites is 1. The fourth-order valence-electron chi connectivity index (χ4n) is 3.86. The molecule has 1 saturated heterocycles. The number of carbonyl (C=O) groups is 1. The van der Waals surface area contributed by atoms with Crippen LogP contribution < -0.4 is 10.2 Å². The lowest BCUT2D eigenvalue weighted by Gasteiger charge is -2.22. The standard InChI is InChI=1S/C22H23N5OS2/c28-20(23-16-9-11-17(12-10-16)26-13-5-1-2-6-14-26)15-29-21-24-25-22-27(21)18-7-3-4-8-19(18)30-22/h3-4,7-12H,1-2,5-6,13-15H2,(H,23,28). The zero-order valence-electron chi connectivity index (χ0n) is 16.6. The quantitative estimate of drug-likeness (QED) is 0.443. The Kier molecular flexibility index (Phi) is 5.59. The van der Waals surface area contributed by atoms with Crippen molar-refractivity contribution in [3.8, 4) is 0 Å². The monoisotopic (exact) mass is 437 g/mol. The number of thioether (sulfide) groups is 1. The van der Waals surface area contributed by atoms with Gasteiger partial charge in [0.25, 0.3) is 0 Å². The van der Waals surface area contributed by atoms with Crippen LogP contribution in [0.3, 0.4) is 0 Å². The first kappa shape index (κ1) is 19.4. The first-order valence-corrected chi connectivity index (χ1v) is 12.1. The number of rotatable bonds is 5. The number of amides is 1. The van der Waals surface area contributed by atoms with E-state index < -0.39 is 0 Å². The van der Waals surface area contributed by atoms with Gasteiger partial charge in [0.05, 0.1) is 16.0 Å². The van der Waals surface area contributed by atoms with E-state index in [1.807, 2.05) is 28.7 Å². The Morgan fingerprint density at radius 2 is 1.77 bits per heavy atom. The summed E-state index contributed by atoms with van der Waals surface area (Å²) in [6, 6.07) is 16.3. The van der Waals surface area contributed by atoms with E-state index in [4.69, 9.17) is 0 Å². The highest BCUT2D eigenvalue weighted by Gasteiger charge is 2.14. The van der Waals surface area contributed by atoms with Gasteiger partial charge in [0, 0.05) is 24.5 Å². The minimum atomic E-state index is -0.0428. The second-order valence-electron chi connectivity index (χ2n) is 7.46. The largest absolute Gasteiger partial charge is 0.372 e. The molecule has 0 atom stereocenters. The third-order valence-electron chi connectivity index (χ3n) is 5.37. The molecular weight excluding hydrogens is 414 g/mol. The highest BCUT2D eigenvalue weighted by Crippen LogP contribution is 2.29. The third-order valence-corrected chi connectivity index (χ3v) is 7.31. The number of thiazole rings is 1. The van der Waals surface area contributed by atoms with Gasteiger partial charge in [0.1, 0.15) is 0 Å². The summed E-state index contributed by atoms with van der Waals surface area (Å²) < 4.78 is 3.19. The van der Waals surface area contributed by atoms with Crippen molar-refractivity contribution < 1.29 is 4.79 Å². The van der Waals surface area contributed by atoms with Crippen molar-refractivity contribution in [3.63, 3.8) is 0 Å². The van der Waals surface area contributed by atoms with Crippen molar-refractivity contribution in [2.45, 2.75) is 30.8 Å². The Balaban J connectivity index is 1.22. The van der Waals surface area contributed by atoms with Crippen LogP contribution in [0.4, 0.5) is 11.4 Å². The number of carbonyl (C=O) groups excluding carboxylic acids is 1. The molecule has 0 radical (unpaired) electrons. The van der Waals surface area contributed by atoms with Crippen LogP contribution in [0.15, 0.2) is 53.7 Å². The van der Waals surface area contributed by atoms with Gasteiger partial charge in [0.2, 0.25) is 10.9 Å². The topological polar surface area (TPSA) is 62.5 Å². The fourth-order valence-corrected chi connectivity index (χ4v) is 5.63. The van der Waals surface area contributed by atoms with E-state index in [2.05, 4.69) is 44.7 Å². The van der Waals surface area contributed by atoms with Gasteiger partial charge >= 0.3 is 0 Å². The van der Waals surface area contributed by atoms with Crippen molar-refractivity contribution in [2.24, 2.45) is 0 Å². The van der Waals surface area contributed by atoms with Crippen molar-refractivity contribution in [1.29, 1.82) is 0 Å². The first-order valence-electron chi connectivity index (χ1n) is 10.3. The van der Waals surface area contributed by atoms with Gasteiger partial charge < -0.3 is 10.2 Å². The van der Waals surface area contributed by atoms with Crippen LogP contribution in [0.5, 0.6) is 0 Å². The summed E-state index contributed by atoms with van der Waals surface area (Å²) in [4.78, 5) is 15.8. The van der Waals surface area contributed by atoms with E-state index in [1.165, 1.54) is 43.1 Å². The molecule has 4 aromatic rings. The highest BCUT2D eigenvalue weighted by atomic mass is 32.2. The maximum Gasteiger partial charge on any atom is 0.234 e. The van der Waals surface area contributed by atoms with Gasteiger partial charge in [-0.25, -0.2) is 0 Å². The molecule has 1 amide bonds. The van der Waals surface area contributed by atoms with E-state index in [0.29, 0.717) is 5.75 Å². The minimum Gasteiger partial charge on any atom is -0.372 e. The molecule has 0 unspecified atom stereocenters. The van der Waals surface area contributed by atoms with E-state index in [-0.39, 0.29) is 5.91 Å². The molecule has 0 aliphatic carbocycles. The molecular formula is C22H23N5OS2. The Bertz CT molecular complexity index is 1160. The van der Waals surface area contributed by atoms with Gasteiger partial charge in [-0.15, -0.1) is 10.2 Å². The fraction of sp³-hybridized carbons (Fsp3) is 0.318. The minimum absolute atomic E-state index is 0.0428. The molecule has 1 aliphatic rings. The van der Waals surface area contributed by atoms with Crippen molar-refractivity contribution in [3.05, 3.63) is 48.5 Å². The highest BCUT2D eigenvalue weighted by molar-refractivity contribution is 7.99. The van der Waals surface area contributed by atoms with Gasteiger partial charge in [-0.3, -0.25) is 9.20 Å². The molecule has 2 aromatic heterocycles. The van der Waals surface area contributed by atoms with E-state index in [1.54, 1.807) is 11.3 Å². The Morgan fingerprint density at radius 3 is 2.57 bits per heavy atom. The van der Waals surface area contributed by atoms with Crippen molar-refractivity contribution in [2.75, 3.05) is 29.1 Å². The summed E-state index contributed by atoms with van der Waals surface area (Å²) in [7, 11) is 0. The maximum absolute atomic E-state index is 12.5. The average Bonchev–Trinajstić information content (AvgIpc) is 3.21. The lowest BCUT2D eigenvalue weighted by Crippen LogP contribution is -2.23. The van der Waals surface area contributed by atoms with Crippen molar-refractivity contribution >= 4 is 55.6 Å². The number of hydrogen-bond acceptors (Lipinski definition) is 6. The second kappa shape index (κ2) is 8.65. The summed E-state index contributed by atoms with van der Waals surface area (Å²) in [6.45, 7) is 2.23. The Labute approximate surface area is 183 Å². The third kappa shape index (κ3) is 4.02. The first-order chi connectivity index (χ1) is 14.8. The Morgan fingerprint density at radius 1 is 1.00 bits per heavy atom. The SMILES string of the molecule is O=C(CSc1nnc2sc3ccccc3n12)Nc1ccc(N2CCCCCC2)cc1. The van der Waals surface area contributed by atoms with Crippen molar-refractivity contribution in [1.82, 2.24) is 14.6 Å². The molecule has 1 aliphatic heterocycles. The predicted octanol–water partition coefficient (Wildman–Crippen LogP) is 5.06. The molecule has 2 aromatic carbocycles. The van der Waals surface area contributed by atoms with Gasteiger partial charge in [0.15, 0.2) is 5.16 Å². The number of aromatic nitrogens is 3. The number of nitrogens with one attached hydrogen (secondary N) is 1. The molecule has 30 heavy (non-hydrogen) atoms. The maximum atomic E-state index is 12.5. The van der Waals surface area contributed by atoms with Gasteiger partial charge in [-0.1, -0.05) is 48.1 Å². The van der Waals surface area contributed by atoms with E-state index >= 15 is 0 Å².